The number of nitro groups is 1. The lowest BCUT2D eigenvalue weighted by atomic mass is 9.83. The smallest absolute Gasteiger partial charge is 0.319 e. The molecule has 0 radical (unpaired) electrons. The number of piperidine rings is 1. The Hall–Kier alpha value is -3.00. The van der Waals surface area contributed by atoms with Crippen molar-refractivity contribution in [2.45, 2.75) is 51.0 Å². The number of carbonyl (C=O) groups excluding carboxylic acids is 1. The Morgan fingerprint density at radius 3 is 2.35 bits per heavy atom. The van der Waals surface area contributed by atoms with Crippen molar-refractivity contribution in [3.8, 4) is 0 Å². The standard InChI is InChI=1S/C26H33FN4O3/c27-22-7-5-19(6-8-22)17-20-13-15-30(16-14-20)18-21-3-1-2-4-25(21)29-26(32)28-23-9-11-24(12-10-23)31(33)34/h5-12,20-21,25H,1-4,13-18H2,(H2,28,29,32)/t21-,25+/m1/s1. The van der Waals surface area contributed by atoms with E-state index in [0.29, 0.717) is 17.5 Å². The summed E-state index contributed by atoms with van der Waals surface area (Å²) >= 11 is 0. The summed E-state index contributed by atoms with van der Waals surface area (Å²) in [4.78, 5) is 25.5. The lowest BCUT2D eigenvalue weighted by Crippen LogP contribution is -2.48. The number of urea groups is 1. The van der Waals surface area contributed by atoms with Crippen LogP contribution in [0.3, 0.4) is 0 Å². The molecule has 2 fully saturated rings. The molecule has 2 aromatic carbocycles. The number of hydrogen-bond donors (Lipinski definition) is 2. The highest BCUT2D eigenvalue weighted by Gasteiger charge is 2.30. The zero-order valence-electron chi connectivity index (χ0n) is 19.4. The molecular formula is C26H33FN4O3. The second kappa shape index (κ2) is 11.4. The van der Waals surface area contributed by atoms with E-state index in [-0.39, 0.29) is 23.6 Å². The lowest BCUT2D eigenvalue weighted by Gasteiger charge is -2.39. The Morgan fingerprint density at radius 1 is 1.00 bits per heavy atom. The van der Waals surface area contributed by atoms with Crippen molar-refractivity contribution in [2.75, 3.05) is 25.0 Å². The van der Waals surface area contributed by atoms with Gasteiger partial charge in [-0.25, -0.2) is 9.18 Å². The van der Waals surface area contributed by atoms with Crippen LogP contribution in [0.4, 0.5) is 20.6 Å². The zero-order chi connectivity index (χ0) is 23.9. The van der Waals surface area contributed by atoms with Gasteiger partial charge in [0.2, 0.25) is 0 Å². The molecule has 2 amide bonds. The molecule has 1 aliphatic carbocycles. The summed E-state index contributed by atoms with van der Waals surface area (Å²) in [6.07, 6.45) is 7.67. The molecule has 7 nitrogen and oxygen atoms in total. The van der Waals surface area contributed by atoms with Gasteiger partial charge in [0.15, 0.2) is 0 Å². The van der Waals surface area contributed by atoms with Gasteiger partial charge in [0, 0.05) is 30.4 Å². The highest BCUT2D eigenvalue weighted by atomic mass is 19.1. The predicted octanol–water partition coefficient (Wildman–Crippen LogP) is 5.37. The monoisotopic (exact) mass is 468 g/mol. The van der Waals surface area contributed by atoms with E-state index in [1.807, 2.05) is 12.1 Å². The summed E-state index contributed by atoms with van der Waals surface area (Å²) in [5.41, 5.74) is 1.74. The van der Waals surface area contributed by atoms with Crippen molar-refractivity contribution in [3.63, 3.8) is 0 Å². The quantitative estimate of drug-likeness (QED) is 0.422. The van der Waals surface area contributed by atoms with Gasteiger partial charge in [0.25, 0.3) is 5.69 Å². The van der Waals surface area contributed by atoms with Crippen LogP contribution in [0.5, 0.6) is 0 Å². The third-order valence-corrected chi connectivity index (χ3v) is 7.20. The third-order valence-electron chi connectivity index (χ3n) is 7.20. The summed E-state index contributed by atoms with van der Waals surface area (Å²) < 4.78 is 13.1. The Morgan fingerprint density at radius 2 is 1.68 bits per heavy atom. The van der Waals surface area contributed by atoms with Crippen molar-refractivity contribution < 1.29 is 14.1 Å². The topological polar surface area (TPSA) is 87.5 Å². The van der Waals surface area contributed by atoms with Gasteiger partial charge in [0.05, 0.1) is 4.92 Å². The van der Waals surface area contributed by atoms with E-state index < -0.39 is 4.92 Å². The van der Waals surface area contributed by atoms with Gasteiger partial charge in [-0.1, -0.05) is 25.0 Å². The van der Waals surface area contributed by atoms with Gasteiger partial charge in [-0.2, -0.15) is 0 Å². The van der Waals surface area contributed by atoms with Gasteiger partial charge in [-0.15, -0.1) is 0 Å². The largest absolute Gasteiger partial charge is 0.335 e. The number of amides is 2. The van der Waals surface area contributed by atoms with Crippen LogP contribution in [0.1, 0.15) is 44.1 Å². The first-order chi connectivity index (χ1) is 16.5. The highest BCUT2D eigenvalue weighted by molar-refractivity contribution is 5.89. The predicted molar refractivity (Wildman–Crippen MR) is 130 cm³/mol. The Kier molecular flexibility index (Phi) is 8.11. The molecule has 2 aromatic rings. The number of halogens is 1. The molecule has 2 atom stereocenters. The minimum Gasteiger partial charge on any atom is -0.335 e. The van der Waals surface area contributed by atoms with Crippen molar-refractivity contribution in [1.82, 2.24) is 10.2 Å². The Balaban J connectivity index is 1.24. The average Bonchev–Trinajstić information content (AvgIpc) is 2.83. The number of non-ortho nitro benzene ring substituents is 1. The fraction of sp³-hybridized carbons (Fsp3) is 0.500. The van der Waals surface area contributed by atoms with Crippen LogP contribution in [0, 0.1) is 27.8 Å². The Labute approximate surface area is 199 Å². The summed E-state index contributed by atoms with van der Waals surface area (Å²) in [5, 5.41) is 16.7. The fourth-order valence-corrected chi connectivity index (χ4v) is 5.28. The van der Waals surface area contributed by atoms with Crippen LogP contribution in [-0.2, 0) is 6.42 Å². The number of rotatable bonds is 7. The normalized spacial score (nSPS) is 21.7. The number of nitro benzene ring substituents is 1. The van der Waals surface area contributed by atoms with E-state index in [1.54, 1.807) is 24.3 Å². The lowest BCUT2D eigenvalue weighted by molar-refractivity contribution is -0.384. The average molecular weight is 469 g/mol. The molecule has 4 rings (SSSR count). The first kappa shape index (κ1) is 24.1. The van der Waals surface area contributed by atoms with E-state index in [0.717, 1.165) is 58.2 Å². The van der Waals surface area contributed by atoms with E-state index >= 15 is 0 Å². The van der Waals surface area contributed by atoms with Gasteiger partial charge >= 0.3 is 6.03 Å². The molecule has 1 saturated heterocycles. The van der Waals surface area contributed by atoms with E-state index in [4.69, 9.17) is 0 Å². The number of carbonyl (C=O) groups is 1. The molecule has 2 aliphatic rings. The molecular weight excluding hydrogens is 435 g/mol. The van der Waals surface area contributed by atoms with Gasteiger partial charge in [-0.05, 0) is 86.9 Å². The fourth-order valence-electron chi connectivity index (χ4n) is 5.28. The second-order valence-electron chi connectivity index (χ2n) is 9.63. The van der Waals surface area contributed by atoms with Crippen molar-refractivity contribution >= 4 is 17.4 Å². The van der Waals surface area contributed by atoms with Gasteiger partial charge < -0.3 is 15.5 Å². The summed E-state index contributed by atoms with van der Waals surface area (Å²) in [6.45, 7) is 3.11. The number of anilines is 1. The maximum atomic E-state index is 13.1. The SMILES string of the molecule is O=C(Nc1ccc([N+](=O)[O-])cc1)N[C@H]1CCCC[C@@H]1CN1CCC(Cc2ccc(F)cc2)CC1. The van der Waals surface area contributed by atoms with Crippen molar-refractivity contribution in [2.24, 2.45) is 11.8 Å². The van der Waals surface area contributed by atoms with Crippen LogP contribution >= 0.6 is 0 Å². The maximum Gasteiger partial charge on any atom is 0.319 e. The molecule has 0 spiro atoms. The molecule has 1 saturated carbocycles. The zero-order valence-corrected chi connectivity index (χ0v) is 19.4. The molecule has 0 bridgehead atoms. The maximum absolute atomic E-state index is 13.1. The van der Waals surface area contributed by atoms with Crippen molar-refractivity contribution in [1.29, 1.82) is 0 Å². The molecule has 182 valence electrons. The van der Waals surface area contributed by atoms with E-state index in [9.17, 15) is 19.3 Å². The van der Waals surface area contributed by atoms with Crippen LogP contribution in [0.25, 0.3) is 0 Å². The molecule has 8 heteroatoms. The van der Waals surface area contributed by atoms with Crippen LogP contribution in [0.15, 0.2) is 48.5 Å². The summed E-state index contributed by atoms with van der Waals surface area (Å²) in [7, 11) is 0. The van der Waals surface area contributed by atoms with Crippen LogP contribution < -0.4 is 10.6 Å². The number of hydrogen-bond acceptors (Lipinski definition) is 4. The summed E-state index contributed by atoms with van der Waals surface area (Å²) in [5.74, 6) is 0.870. The van der Waals surface area contributed by atoms with Crippen molar-refractivity contribution in [3.05, 3.63) is 70.0 Å². The second-order valence-corrected chi connectivity index (χ2v) is 9.63. The number of benzene rings is 2. The minimum atomic E-state index is -0.456. The summed E-state index contributed by atoms with van der Waals surface area (Å²) in [6, 6.07) is 12.6. The van der Waals surface area contributed by atoms with Gasteiger partial charge in [-0.3, -0.25) is 10.1 Å². The minimum absolute atomic E-state index is 0.000242. The first-order valence-electron chi connectivity index (χ1n) is 12.2. The number of likely N-dealkylation sites (tertiary alicyclic amines) is 1. The molecule has 2 N–H and O–H groups in total. The number of nitrogens with zero attached hydrogens (tertiary/aromatic N) is 2. The van der Waals surface area contributed by atoms with Crippen LogP contribution in [-0.4, -0.2) is 41.5 Å². The Bertz CT molecular complexity index is 959. The third kappa shape index (κ3) is 6.76. The highest BCUT2D eigenvalue weighted by Crippen LogP contribution is 2.28. The van der Waals surface area contributed by atoms with E-state index in [1.165, 1.54) is 24.1 Å². The number of nitrogens with one attached hydrogen (secondary N) is 2. The molecule has 0 unspecified atom stereocenters. The molecule has 0 aromatic heterocycles. The van der Waals surface area contributed by atoms with E-state index in [2.05, 4.69) is 15.5 Å². The molecule has 34 heavy (non-hydrogen) atoms. The van der Waals surface area contributed by atoms with Crippen LogP contribution in [0.2, 0.25) is 0 Å². The molecule has 1 aliphatic heterocycles. The van der Waals surface area contributed by atoms with Gasteiger partial charge in [0.1, 0.15) is 5.82 Å². The first-order valence-corrected chi connectivity index (χ1v) is 12.2. The molecule has 1 heterocycles.